The number of rotatable bonds is 4. The minimum absolute atomic E-state index is 0.0274. The van der Waals surface area contributed by atoms with Gasteiger partial charge in [0.05, 0.1) is 16.9 Å². The lowest BCUT2D eigenvalue weighted by molar-refractivity contribution is 0.0986. The van der Waals surface area contributed by atoms with Gasteiger partial charge in [-0.15, -0.1) is 0 Å². The standard InChI is InChI=1S/C16H16BrIN2O/c1-2-9-20(15-6-4-3-5-14(15)19)16(21)12-10-11(17)7-8-13(12)18/h3-8,10H,2,9,19H2,1H3. The SMILES string of the molecule is CCCN(C(=O)c1cc(Br)ccc1I)c1ccccc1N. The molecular weight excluding hydrogens is 443 g/mol. The molecule has 0 aliphatic rings. The van der Waals surface area contributed by atoms with Crippen molar-refractivity contribution in [2.75, 3.05) is 17.2 Å². The van der Waals surface area contributed by atoms with Gasteiger partial charge in [0.25, 0.3) is 5.91 Å². The Labute approximate surface area is 146 Å². The monoisotopic (exact) mass is 458 g/mol. The van der Waals surface area contributed by atoms with Crippen LogP contribution in [0.15, 0.2) is 46.9 Å². The normalized spacial score (nSPS) is 10.4. The lowest BCUT2D eigenvalue weighted by Crippen LogP contribution is -2.32. The largest absolute Gasteiger partial charge is 0.397 e. The molecule has 3 nitrogen and oxygen atoms in total. The highest BCUT2D eigenvalue weighted by Gasteiger charge is 2.21. The minimum Gasteiger partial charge on any atom is -0.397 e. The lowest BCUT2D eigenvalue weighted by atomic mass is 10.1. The first-order chi connectivity index (χ1) is 10.0. The number of benzene rings is 2. The number of para-hydroxylation sites is 2. The summed E-state index contributed by atoms with van der Waals surface area (Å²) in [6.45, 7) is 2.68. The van der Waals surface area contributed by atoms with Gasteiger partial charge in [0.2, 0.25) is 0 Å². The van der Waals surface area contributed by atoms with E-state index in [2.05, 4.69) is 38.5 Å². The third-order valence-electron chi connectivity index (χ3n) is 3.08. The average Bonchev–Trinajstić information content (AvgIpc) is 2.47. The summed E-state index contributed by atoms with van der Waals surface area (Å²) in [7, 11) is 0. The zero-order chi connectivity index (χ0) is 15.4. The summed E-state index contributed by atoms with van der Waals surface area (Å²) < 4.78 is 1.82. The van der Waals surface area contributed by atoms with Crippen LogP contribution in [0.4, 0.5) is 11.4 Å². The quantitative estimate of drug-likeness (QED) is 0.533. The third-order valence-corrected chi connectivity index (χ3v) is 4.51. The Bertz CT molecular complexity index is 660. The predicted molar refractivity (Wildman–Crippen MR) is 99.7 cm³/mol. The van der Waals surface area contributed by atoms with E-state index >= 15 is 0 Å². The van der Waals surface area contributed by atoms with Crippen molar-refractivity contribution < 1.29 is 4.79 Å². The highest BCUT2D eigenvalue weighted by atomic mass is 127. The Morgan fingerprint density at radius 3 is 2.67 bits per heavy atom. The smallest absolute Gasteiger partial charge is 0.259 e. The van der Waals surface area contributed by atoms with Crippen molar-refractivity contribution in [1.29, 1.82) is 0 Å². The molecule has 0 atom stereocenters. The van der Waals surface area contributed by atoms with Crippen LogP contribution < -0.4 is 10.6 Å². The van der Waals surface area contributed by atoms with Gasteiger partial charge in [-0.1, -0.05) is 35.0 Å². The maximum absolute atomic E-state index is 12.9. The topological polar surface area (TPSA) is 46.3 Å². The molecule has 2 N–H and O–H groups in total. The molecule has 110 valence electrons. The van der Waals surface area contributed by atoms with Crippen LogP contribution in [0.25, 0.3) is 0 Å². The predicted octanol–water partition coefficient (Wildman–Crippen LogP) is 4.69. The summed E-state index contributed by atoms with van der Waals surface area (Å²) in [5.74, 6) is -0.0274. The van der Waals surface area contributed by atoms with Crippen molar-refractivity contribution in [1.82, 2.24) is 0 Å². The first kappa shape index (κ1) is 16.3. The van der Waals surface area contributed by atoms with Crippen molar-refractivity contribution in [3.8, 4) is 0 Å². The summed E-state index contributed by atoms with van der Waals surface area (Å²) in [4.78, 5) is 14.7. The van der Waals surface area contributed by atoms with Crippen molar-refractivity contribution in [3.63, 3.8) is 0 Å². The molecule has 0 aromatic heterocycles. The van der Waals surface area contributed by atoms with Gasteiger partial charge in [-0.2, -0.15) is 0 Å². The van der Waals surface area contributed by atoms with Crippen molar-refractivity contribution >= 4 is 55.8 Å². The maximum atomic E-state index is 12.9. The average molecular weight is 459 g/mol. The molecule has 2 rings (SSSR count). The molecule has 0 heterocycles. The second-order valence-corrected chi connectivity index (χ2v) is 6.72. The van der Waals surface area contributed by atoms with E-state index in [0.29, 0.717) is 17.8 Å². The first-order valence-corrected chi connectivity index (χ1v) is 8.53. The number of nitrogen functional groups attached to an aromatic ring is 1. The lowest BCUT2D eigenvalue weighted by Gasteiger charge is -2.24. The van der Waals surface area contributed by atoms with Crippen LogP contribution in [0, 0.1) is 3.57 Å². The van der Waals surface area contributed by atoms with E-state index in [9.17, 15) is 4.79 Å². The van der Waals surface area contributed by atoms with E-state index in [1.807, 2.05) is 49.4 Å². The van der Waals surface area contributed by atoms with Crippen LogP contribution in [-0.2, 0) is 0 Å². The number of nitrogens with two attached hydrogens (primary N) is 1. The van der Waals surface area contributed by atoms with Crippen LogP contribution in [0.2, 0.25) is 0 Å². The number of hydrogen-bond donors (Lipinski definition) is 1. The van der Waals surface area contributed by atoms with Gasteiger partial charge in [0.1, 0.15) is 0 Å². The molecular formula is C16H16BrIN2O. The molecule has 0 radical (unpaired) electrons. The van der Waals surface area contributed by atoms with Crippen LogP contribution in [-0.4, -0.2) is 12.5 Å². The number of anilines is 2. The van der Waals surface area contributed by atoms with Crippen LogP contribution in [0.3, 0.4) is 0 Å². The molecule has 5 heteroatoms. The molecule has 0 aliphatic heterocycles. The number of amides is 1. The summed E-state index contributed by atoms with van der Waals surface area (Å²) in [5, 5.41) is 0. The van der Waals surface area contributed by atoms with Gasteiger partial charge in [-0.3, -0.25) is 4.79 Å². The Balaban J connectivity index is 2.45. The molecule has 0 saturated carbocycles. The third kappa shape index (κ3) is 3.77. The van der Waals surface area contributed by atoms with Gasteiger partial charge in [0.15, 0.2) is 0 Å². The number of halogens is 2. The second-order valence-electron chi connectivity index (χ2n) is 4.64. The van der Waals surface area contributed by atoms with Crippen molar-refractivity contribution in [2.24, 2.45) is 0 Å². The molecule has 0 saturated heterocycles. The molecule has 2 aromatic rings. The van der Waals surface area contributed by atoms with E-state index in [4.69, 9.17) is 5.73 Å². The van der Waals surface area contributed by atoms with E-state index in [0.717, 1.165) is 20.2 Å². The van der Waals surface area contributed by atoms with E-state index in [1.54, 1.807) is 4.90 Å². The molecule has 0 unspecified atom stereocenters. The fraction of sp³-hybridized carbons (Fsp3) is 0.188. The minimum atomic E-state index is -0.0274. The summed E-state index contributed by atoms with van der Waals surface area (Å²) in [6, 6.07) is 13.2. The van der Waals surface area contributed by atoms with Crippen molar-refractivity contribution in [2.45, 2.75) is 13.3 Å². The molecule has 0 aliphatic carbocycles. The van der Waals surface area contributed by atoms with Crippen LogP contribution in [0.5, 0.6) is 0 Å². The van der Waals surface area contributed by atoms with Crippen LogP contribution in [0.1, 0.15) is 23.7 Å². The summed E-state index contributed by atoms with van der Waals surface area (Å²) >= 11 is 5.61. The number of carbonyl (C=O) groups is 1. The highest BCUT2D eigenvalue weighted by Crippen LogP contribution is 2.27. The fourth-order valence-electron chi connectivity index (χ4n) is 2.10. The second kappa shape index (κ2) is 7.26. The van der Waals surface area contributed by atoms with Gasteiger partial charge >= 0.3 is 0 Å². The van der Waals surface area contributed by atoms with E-state index < -0.39 is 0 Å². The molecule has 0 bridgehead atoms. The first-order valence-electron chi connectivity index (χ1n) is 6.66. The number of nitrogens with zero attached hydrogens (tertiary/aromatic N) is 1. The Kier molecular flexibility index (Phi) is 5.64. The molecule has 1 amide bonds. The molecule has 2 aromatic carbocycles. The Morgan fingerprint density at radius 2 is 2.00 bits per heavy atom. The van der Waals surface area contributed by atoms with E-state index in [1.165, 1.54) is 0 Å². The van der Waals surface area contributed by atoms with E-state index in [-0.39, 0.29) is 5.91 Å². The molecule has 0 spiro atoms. The zero-order valence-corrected chi connectivity index (χ0v) is 15.4. The zero-order valence-electron chi connectivity index (χ0n) is 11.6. The number of hydrogen-bond acceptors (Lipinski definition) is 2. The Morgan fingerprint density at radius 1 is 1.29 bits per heavy atom. The van der Waals surface area contributed by atoms with Gasteiger partial charge in [0, 0.05) is 14.6 Å². The summed E-state index contributed by atoms with van der Waals surface area (Å²) in [5.41, 5.74) is 8.09. The Hall–Kier alpha value is -1.08. The van der Waals surface area contributed by atoms with Crippen molar-refractivity contribution in [3.05, 3.63) is 56.1 Å². The van der Waals surface area contributed by atoms with Gasteiger partial charge < -0.3 is 10.6 Å². The maximum Gasteiger partial charge on any atom is 0.259 e. The molecule has 21 heavy (non-hydrogen) atoms. The van der Waals surface area contributed by atoms with Gasteiger partial charge in [-0.25, -0.2) is 0 Å². The number of carbonyl (C=O) groups excluding carboxylic acids is 1. The highest BCUT2D eigenvalue weighted by molar-refractivity contribution is 14.1. The fourth-order valence-corrected chi connectivity index (χ4v) is 3.02. The van der Waals surface area contributed by atoms with Gasteiger partial charge in [-0.05, 0) is 59.3 Å². The van der Waals surface area contributed by atoms with Crippen LogP contribution >= 0.6 is 38.5 Å². The summed E-state index contributed by atoms with van der Waals surface area (Å²) in [6.07, 6.45) is 0.866. The molecule has 0 fully saturated rings.